The van der Waals surface area contributed by atoms with E-state index in [4.69, 9.17) is 0 Å². The molecular formula is C24H28N6O3S. The fourth-order valence-electron chi connectivity index (χ4n) is 3.50. The molecule has 1 fully saturated rings. The molecule has 9 nitrogen and oxygen atoms in total. The molecule has 0 saturated carbocycles. The predicted octanol–water partition coefficient (Wildman–Crippen LogP) is 4.09. The van der Waals surface area contributed by atoms with Gasteiger partial charge in [0.05, 0.1) is 10.6 Å². The summed E-state index contributed by atoms with van der Waals surface area (Å²) in [6.45, 7) is 9.80. The number of aromatic nitrogens is 2. The molecule has 3 N–H and O–H groups in total. The Balaban J connectivity index is 1.46. The molecule has 0 bridgehead atoms. The van der Waals surface area contributed by atoms with Crippen molar-refractivity contribution >= 4 is 50.9 Å². The number of fused-ring (bicyclic) bond motifs is 1. The van der Waals surface area contributed by atoms with E-state index in [0.29, 0.717) is 19.0 Å². The van der Waals surface area contributed by atoms with Crippen LogP contribution in [0.1, 0.15) is 34.6 Å². The number of amides is 4. The minimum atomic E-state index is -0.885. The molecule has 34 heavy (non-hydrogen) atoms. The van der Waals surface area contributed by atoms with Crippen LogP contribution < -0.4 is 16.0 Å². The Kier molecular flexibility index (Phi) is 6.03. The van der Waals surface area contributed by atoms with E-state index in [2.05, 4.69) is 25.9 Å². The molecule has 0 unspecified atom stereocenters. The van der Waals surface area contributed by atoms with Crippen molar-refractivity contribution in [2.75, 3.05) is 23.7 Å². The van der Waals surface area contributed by atoms with E-state index in [1.54, 1.807) is 31.4 Å². The fraction of sp³-hybridized carbons (Fsp3) is 0.375. The van der Waals surface area contributed by atoms with Crippen LogP contribution in [0.2, 0.25) is 0 Å². The quantitative estimate of drug-likeness (QED) is 0.458. The maximum Gasteiger partial charge on any atom is 0.325 e. The number of thiophene rings is 1. The topological polar surface area (TPSA) is 116 Å². The van der Waals surface area contributed by atoms with Crippen LogP contribution in [0.5, 0.6) is 0 Å². The number of hydrogen-bond acceptors (Lipinski definition) is 7. The number of nitrogens with one attached hydrogen (secondary N) is 3. The summed E-state index contributed by atoms with van der Waals surface area (Å²) in [6.07, 6.45) is 1.68. The minimum absolute atomic E-state index is 0.0343. The van der Waals surface area contributed by atoms with E-state index in [9.17, 15) is 14.4 Å². The van der Waals surface area contributed by atoms with Gasteiger partial charge in [0.25, 0.3) is 5.91 Å². The molecular weight excluding hydrogens is 452 g/mol. The van der Waals surface area contributed by atoms with E-state index >= 15 is 0 Å². The van der Waals surface area contributed by atoms with Gasteiger partial charge < -0.3 is 15.5 Å². The molecule has 0 aliphatic carbocycles. The second-order valence-corrected chi connectivity index (χ2v) is 10.8. The van der Waals surface area contributed by atoms with Crippen LogP contribution in [-0.2, 0) is 9.59 Å². The third-order valence-corrected chi connectivity index (χ3v) is 6.82. The van der Waals surface area contributed by atoms with E-state index in [0.717, 1.165) is 26.3 Å². The second-order valence-electron chi connectivity index (χ2n) is 9.73. The number of urea groups is 1. The van der Waals surface area contributed by atoms with Crippen molar-refractivity contribution in [2.24, 2.45) is 5.41 Å². The lowest BCUT2D eigenvalue weighted by molar-refractivity contribution is -0.125. The number of hydrogen-bond donors (Lipinski definition) is 3. The molecule has 3 aromatic rings. The molecule has 4 rings (SSSR count). The summed E-state index contributed by atoms with van der Waals surface area (Å²) >= 11 is 1.61. The molecule has 0 atom stereocenters. The number of benzene rings is 1. The van der Waals surface area contributed by atoms with E-state index in [1.165, 1.54) is 4.90 Å². The highest BCUT2D eigenvalue weighted by molar-refractivity contribution is 7.22. The zero-order chi connectivity index (χ0) is 24.7. The van der Waals surface area contributed by atoms with E-state index in [1.807, 2.05) is 51.1 Å². The van der Waals surface area contributed by atoms with Crippen LogP contribution in [0.25, 0.3) is 20.7 Å². The lowest BCUT2D eigenvalue weighted by atomic mass is 9.95. The summed E-state index contributed by atoms with van der Waals surface area (Å²) in [6, 6.07) is 9.35. The van der Waals surface area contributed by atoms with Gasteiger partial charge in [-0.3, -0.25) is 14.9 Å². The summed E-state index contributed by atoms with van der Waals surface area (Å²) in [5.74, 6) is 0.103. The molecule has 2 aromatic heterocycles. The highest BCUT2D eigenvalue weighted by Gasteiger charge is 2.45. The van der Waals surface area contributed by atoms with Crippen LogP contribution in [-0.4, -0.2) is 51.3 Å². The zero-order valence-electron chi connectivity index (χ0n) is 19.9. The molecule has 4 amide bonds. The van der Waals surface area contributed by atoms with Gasteiger partial charge in [-0.2, -0.15) is 0 Å². The summed E-state index contributed by atoms with van der Waals surface area (Å²) in [5, 5.41) is 9.46. The number of carbonyl (C=O) groups excluding carboxylic acids is 3. The van der Waals surface area contributed by atoms with Gasteiger partial charge >= 0.3 is 6.03 Å². The molecule has 10 heteroatoms. The Morgan fingerprint density at radius 2 is 1.94 bits per heavy atom. The van der Waals surface area contributed by atoms with Crippen LogP contribution in [0.15, 0.2) is 36.5 Å². The number of carbonyl (C=O) groups is 3. The summed E-state index contributed by atoms with van der Waals surface area (Å²) < 4.78 is 1.09. The first kappa shape index (κ1) is 23.6. The van der Waals surface area contributed by atoms with Gasteiger partial charge in [-0.05, 0) is 49.6 Å². The average Bonchev–Trinajstić information content (AvgIpc) is 3.26. The number of rotatable bonds is 6. The third-order valence-electron chi connectivity index (χ3n) is 5.68. The highest BCUT2D eigenvalue weighted by atomic mass is 32.1. The molecule has 0 radical (unpaired) electrons. The number of anilines is 2. The fourth-order valence-corrected chi connectivity index (χ4v) is 4.51. The highest BCUT2D eigenvalue weighted by Crippen LogP contribution is 2.34. The van der Waals surface area contributed by atoms with Crippen molar-refractivity contribution in [1.29, 1.82) is 0 Å². The summed E-state index contributed by atoms with van der Waals surface area (Å²) in [5.41, 5.74) is 0.176. The Labute approximate surface area is 202 Å². The Bertz CT molecular complexity index is 1280. The molecule has 1 aliphatic heterocycles. The van der Waals surface area contributed by atoms with Crippen LogP contribution in [0.3, 0.4) is 0 Å². The van der Waals surface area contributed by atoms with Gasteiger partial charge in [0.15, 0.2) is 0 Å². The monoisotopic (exact) mass is 480 g/mol. The molecule has 178 valence electrons. The first-order chi connectivity index (χ1) is 15.9. The van der Waals surface area contributed by atoms with Crippen molar-refractivity contribution in [3.8, 4) is 10.6 Å². The first-order valence-corrected chi connectivity index (χ1v) is 11.8. The van der Waals surface area contributed by atoms with Gasteiger partial charge in [0, 0.05) is 35.1 Å². The van der Waals surface area contributed by atoms with Gasteiger partial charge in [-0.25, -0.2) is 14.8 Å². The third kappa shape index (κ3) is 4.72. The Hall–Kier alpha value is -3.53. The lowest BCUT2D eigenvalue weighted by Crippen LogP contribution is -2.46. The van der Waals surface area contributed by atoms with Crippen molar-refractivity contribution < 1.29 is 14.4 Å². The second kappa shape index (κ2) is 8.68. The van der Waals surface area contributed by atoms with Gasteiger partial charge in [0.2, 0.25) is 11.9 Å². The van der Waals surface area contributed by atoms with Crippen LogP contribution in [0.4, 0.5) is 16.4 Å². The van der Waals surface area contributed by atoms with Gasteiger partial charge in [0.1, 0.15) is 5.54 Å². The molecule has 1 aliphatic rings. The van der Waals surface area contributed by atoms with E-state index in [-0.39, 0.29) is 11.8 Å². The Morgan fingerprint density at radius 1 is 1.18 bits per heavy atom. The number of imide groups is 1. The molecule has 3 heterocycles. The maximum atomic E-state index is 12.3. The van der Waals surface area contributed by atoms with Crippen molar-refractivity contribution in [3.05, 3.63) is 36.5 Å². The molecule has 0 spiro atoms. The smallest absolute Gasteiger partial charge is 0.325 e. The zero-order valence-corrected chi connectivity index (χ0v) is 20.7. The largest absolute Gasteiger partial charge is 0.352 e. The van der Waals surface area contributed by atoms with Crippen LogP contribution in [0, 0.1) is 5.41 Å². The number of nitrogens with zero attached hydrogens (tertiary/aromatic N) is 3. The maximum absolute atomic E-state index is 12.3. The van der Waals surface area contributed by atoms with E-state index < -0.39 is 17.0 Å². The Morgan fingerprint density at radius 3 is 2.62 bits per heavy atom. The predicted molar refractivity (Wildman–Crippen MR) is 134 cm³/mol. The lowest BCUT2D eigenvalue weighted by Gasteiger charge is -2.27. The standard InChI is InChI=1S/C24H28N6O3S/c1-23(2,3)19(31)27-15-6-7-17-14(12-15)13-18(34-17)16-8-9-25-21(28-16)26-10-11-30-22(33)29-20(32)24(30,4)5/h6-9,12-13H,10-11H2,1-5H3,(H,27,31)(H,25,26,28)(H,29,32,33). The van der Waals surface area contributed by atoms with Gasteiger partial charge in [-0.15, -0.1) is 11.3 Å². The normalized spacial score (nSPS) is 15.5. The first-order valence-electron chi connectivity index (χ1n) is 11.0. The SMILES string of the molecule is CC(C)(C)C(=O)Nc1ccc2sc(-c3ccnc(NCCN4C(=O)NC(=O)C4(C)C)n3)cc2c1. The summed E-state index contributed by atoms with van der Waals surface area (Å²) in [4.78, 5) is 47.6. The molecule has 1 saturated heterocycles. The van der Waals surface area contributed by atoms with Crippen LogP contribution >= 0.6 is 11.3 Å². The van der Waals surface area contributed by atoms with Crippen molar-refractivity contribution in [1.82, 2.24) is 20.2 Å². The van der Waals surface area contributed by atoms with Crippen molar-refractivity contribution in [3.63, 3.8) is 0 Å². The minimum Gasteiger partial charge on any atom is -0.352 e. The van der Waals surface area contributed by atoms with Gasteiger partial charge in [-0.1, -0.05) is 20.8 Å². The molecule has 1 aromatic carbocycles. The average molecular weight is 481 g/mol. The van der Waals surface area contributed by atoms with Crippen molar-refractivity contribution in [2.45, 2.75) is 40.2 Å². The summed E-state index contributed by atoms with van der Waals surface area (Å²) in [7, 11) is 0.